The van der Waals surface area contributed by atoms with Crippen LogP contribution in [0, 0.1) is 0 Å². The van der Waals surface area contributed by atoms with Crippen LogP contribution < -0.4 is 5.73 Å². The van der Waals surface area contributed by atoms with E-state index < -0.39 is 6.03 Å². The van der Waals surface area contributed by atoms with E-state index in [9.17, 15) is 4.79 Å². The van der Waals surface area contributed by atoms with Gasteiger partial charge in [0, 0.05) is 0 Å². The molecular formula is C6H5N5O. The normalized spacial score (nSPS) is 10.3. The Kier molecular flexibility index (Phi) is 1.26. The monoisotopic (exact) mass is 163 g/mol. The third-order valence-electron chi connectivity index (χ3n) is 1.45. The van der Waals surface area contributed by atoms with Gasteiger partial charge in [0.15, 0.2) is 5.65 Å². The molecule has 0 aliphatic carbocycles. The summed E-state index contributed by atoms with van der Waals surface area (Å²) in [5.74, 6) is 0. The van der Waals surface area contributed by atoms with Crippen LogP contribution in [0.3, 0.4) is 0 Å². The fourth-order valence-electron chi connectivity index (χ4n) is 0.928. The van der Waals surface area contributed by atoms with Gasteiger partial charge in [-0.05, 0) is 0 Å². The van der Waals surface area contributed by atoms with E-state index in [-0.39, 0.29) is 0 Å². The number of imidazole rings is 1. The molecule has 0 unspecified atom stereocenters. The minimum absolute atomic E-state index is 0.428. The summed E-state index contributed by atoms with van der Waals surface area (Å²) in [6.45, 7) is 0. The van der Waals surface area contributed by atoms with Crippen LogP contribution in [0.4, 0.5) is 4.79 Å². The van der Waals surface area contributed by atoms with Crippen LogP contribution in [-0.2, 0) is 0 Å². The van der Waals surface area contributed by atoms with Gasteiger partial charge in [0.2, 0.25) is 0 Å². The quantitative estimate of drug-likeness (QED) is 0.580. The molecule has 0 aliphatic heterocycles. The summed E-state index contributed by atoms with van der Waals surface area (Å²) >= 11 is 0. The average Bonchev–Trinajstić information content (AvgIpc) is 2.47. The number of carbonyl (C=O) groups is 1. The number of carbonyl (C=O) groups excluding carboxylic acids is 1. The molecule has 2 rings (SSSR count). The van der Waals surface area contributed by atoms with Crippen molar-refractivity contribution in [3.05, 3.63) is 18.9 Å². The fraction of sp³-hybridized carbons (Fsp3) is 0. The first-order valence-corrected chi connectivity index (χ1v) is 3.22. The lowest BCUT2D eigenvalue weighted by Crippen LogP contribution is -2.18. The first kappa shape index (κ1) is 6.71. The molecule has 2 aromatic heterocycles. The molecule has 2 heterocycles. The second kappa shape index (κ2) is 2.26. The van der Waals surface area contributed by atoms with Gasteiger partial charge in [-0.2, -0.15) is 0 Å². The fourth-order valence-corrected chi connectivity index (χ4v) is 0.928. The van der Waals surface area contributed by atoms with E-state index in [1.54, 1.807) is 0 Å². The number of rotatable bonds is 0. The van der Waals surface area contributed by atoms with E-state index in [1.165, 1.54) is 18.9 Å². The summed E-state index contributed by atoms with van der Waals surface area (Å²) in [5.41, 5.74) is 6.03. The minimum atomic E-state index is -0.601. The molecule has 6 heteroatoms. The zero-order chi connectivity index (χ0) is 8.55. The van der Waals surface area contributed by atoms with E-state index in [0.29, 0.717) is 11.2 Å². The lowest BCUT2D eigenvalue weighted by Gasteiger charge is -1.93. The highest BCUT2D eigenvalue weighted by Crippen LogP contribution is 2.05. The molecule has 0 spiro atoms. The number of nitrogens with zero attached hydrogens (tertiary/aromatic N) is 4. The maximum absolute atomic E-state index is 10.8. The van der Waals surface area contributed by atoms with Crippen molar-refractivity contribution < 1.29 is 4.79 Å². The lowest BCUT2D eigenvalue weighted by atomic mass is 10.6. The minimum Gasteiger partial charge on any atom is -0.351 e. The molecular weight excluding hydrogens is 158 g/mol. The SMILES string of the molecule is NC(=O)n1cnc2cncnc21. The van der Waals surface area contributed by atoms with Crippen LogP contribution in [0.5, 0.6) is 0 Å². The first-order chi connectivity index (χ1) is 5.79. The summed E-state index contributed by atoms with van der Waals surface area (Å²) in [6.07, 6.45) is 4.17. The van der Waals surface area contributed by atoms with Crippen LogP contribution in [-0.4, -0.2) is 25.6 Å². The summed E-state index contributed by atoms with van der Waals surface area (Å²) in [6, 6.07) is -0.601. The van der Waals surface area contributed by atoms with Crippen molar-refractivity contribution >= 4 is 17.2 Å². The number of hydrogen-bond acceptors (Lipinski definition) is 4. The molecule has 2 aromatic rings. The lowest BCUT2D eigenvalue weighted by molar-refractivity contribution is 0.251. The van der Waals surface area contributed by atoms with Crippen molar-refractivity contribution in [3.8, 4) is 0 Å². The molecule has 2 N–H and O–H groups in total. The molecule has 0 aliphatic rings. The van der Waals surface area contributed by atoms with Crippen LogP contribution in [0.25, 0.3) is 11.2 Å². The first-order valence-electron chi connectivity index (χ1n) is 3.22. The summed E-state index contributed by atoms with van der Waals surface area (Å²) in [5, 5.41) is 0. The maximum atomic E-state index is 10.8. The summed E-state index contributed by atoms with van der Waals surface area (Å²) in [7, 11) is 0. The number of nitrogens with two attached hydrogens (primary N) is 1. The highest BCUT2D eigenvalue weighted by molar-refractivity contribution is 5.85. The number of amides is 1. The van der Waals surface area contributed by atoms with Crippen molar-refractivity contribution in [2.75, 3.05) is 0 Å². The largest absolute Gasteiger partial charge is 0.351 e. The Morgan fingerprint density at radius 2 is 2.33 bits per heavy atom. The summed E-state index contributed by atoms with van der Waals surface area (Å²) < 4.78 is 1.16. The molecule has 0 aromatic carbocycles. The molecule has 0 saturated carbocycles. The highest BCUT2D eigenvalue weighted by atomic mass is 16.2. The van der Waals surface area contributed by atoms with Crippen LogP contribution >= 0.6 is 0 Å². The molecule has 0 radical (unpaired) electrons. The Hall–Kier alpha value is -1.98. The number of fused-ring (bicyclic) bond motifs is 1. The van der Waals surface area contributed by atoms with Gasteiger partial charge < -0.3 is 5.73 Å². The van der Waals surface area contributed by atoms with Gasteiger partial charge in [0.05, 0.1) is 6.20 Å². The smallest absolute Gasteiger partial charge is 0.325 e. The second-order valence-corrected chi connectivity index (χ2v) is 2.18. The van der Waals surface area contributed by atoms with E-state index in [1.807, 2.05) is 0 Å². The van der Waals surface area contributed by atoms with Gasteiger partial charge in [-0.1, -0.05) is 0 Å². The van der Waals surface area contributed by atoms with E-state index in [2.05, 4.69) is 15.0 Å². The summed E-state index contributed by atoms with van der Waals surface area (Å²) in [4.78, 5) is 22.2. The maximum Gasteiger partial charge on any atom is 0.325 e. The Morgan fingerprint density at radius 1 is 1.50 bits per heavy atom. The molecule has 1 amide bonds. The van der Waals surface area contributed by atoms with Gasteiger partial charge in [-0.15, -0.1) is 0 Å². The zero-order valence-corrected chi connectivity index (χ0v) is 6.01. The molecule has 0 fully saturated rings. The van der Waals surface area contributed by atoms with Crippen molar-refractivity contribution in [2.24, 2.45) is 5.73 Å². The van der Waals surface area contributed by atoms with E-state index in [0.717, 1.165) is 4.57 Å². The number of aromatic nitrogens is 4. The van der Waals surface area contributed by atoms with E-state index in [4.69, 9.17) is 5.73 Å². The Labute approximate surface area is 67.1 Å². The Morgan fingerprint density at radius 3 is 3.08 bits per heavy atom. The predicted octanol–water partition coefficient (Wildman–Crippen LogP) is -0.247. The third-order valence-corrected chi connectivity index (χ3v) is 1.45. The molecule has 12 heavy (non-hydrogen) atoms. The van der Waals surface area contributed by atoms with Crippen molar-refractivity contribution in [3.63, 3.8) is 0 Å². The average molecular weight is 163 g/mol. The predicted molar refractivity (Wildman–Crippen MR) is 40.3 cm³/mol. The second-order valence-electron chi connectivity index (χ2n) is 2.18. The number of hydrogen-bond donors (Lipinski definition) is 1. The van der Waals surface area contributed by atoms with Crippen LogP contribution in [0.15, 0.2) is 18.9 Å². The highest BCUT2D eigenvalue weighted by Gasteiger charge is 2.05. The molecule has 60 valence electrons. The van der Waals surface area contributed by atoms with Crippen molar-refractivity contribution in [1.82, 2.24) is 19.5 Å². The van der Waals surface area contributed by atoms with Crippen molar-refractivity contribution in [2.45, 2.75) is 0 Å². The Balaban J connectivity index is 2.79. The van der Waals surface area contributed by atoms with E-state index >= 15 is 0 Å². The molecule has 6 nitrogen and oxygen atoms in total. The molecule has 0 atom stereocenters. The van der Waals surface area contributed by atoms with Gasteiger partial charge in [0.1, 0.15) is 18.2 Å². The third kappa shape index (κ3) is 0.815. The Bertz CT molecular complexity index is 434. The number of primary amides is 1. The topological polar surface area (TPSA) is 86.7 Å². The van der Waals surface area contributed by atoms with Crippen LogP contribution in [0.2, 0.25) is 0 Å². The standard InChI is InChI=1S/C6H5N5O/c7-6(12)11-3-10-4-1-8-2-9-5(4)11/h1-3H,(H2,7,12). The van der Waals surface area contributed by atoms with Gasteiger partial charge in [-0.3, -0.25) is 0 Å². The van der Waals surface area contributed by atoms with Gasteiger partial charge in [-0.25, -0.2) is 24.3 Å². The zero-order valence-electron chi connectivity index (χ0n) is 6.01. The van der Waals surface area contributed by atoms with Gasteiger partial charge in [0.25, 0.3) is 0 Å². The van der Waals surface area contributed by atoms with Crippen molar-refractivity contribution in [1.29, 1.82) is 0 Å². The van der Waals surface area contributed by atoms with Gasteiger partial charge >= 0.3 is 6.03 Å². The molecule has 0 saturated heterocycles. The molecule has 0 bridgehead atoms. The van der Waals surface area contributed by atoms with Crippen LogP contribution in [0.1, 0.15) is 0 Å².